The molecule has 2 unspecified atom stereocenters. The van der Waals surface area contributed by atoms with Crippen LogP contribution in [0.1, 0.15) is 59.9 Å². The number of morpholine rings is 1. The number of carbonyl (C=O) groups is 3. The predicted molar refractivity (Wildman–Crippen MR) is 152 cm³/mol. The maximum atomic E-state index is 14.0. The normalized spacial score (nSPS) is 19.2. The first kappa shape index (κ1) is 35.1. The van der Waals surface area contributed by atoms with Crippen molar-refractivity contribution in [1.29, 1.82) is 0 Å². The lowest BCUT2D eigenvalue weighted by Crippen LogP contribution is -2.63. The third-order valence-corrected chi connectivity index (χ3v) is 6.63. The fourth-order valence-corrected chi connectivity index (χ4v) is 4.66. The van der Waals surface area contributed by atoms with E-state index < -0.39 is 53.5 Å². The van der Waals surface area contributed by atoms with Gasteiger partial charge in [0.15, 0.2) is 0 Å². The number of hydrogen-bond donors (Lipinski definition) is 3. The molecule has 1 heterocycles. The summed E-state index contributed by atoms with van der Waals surface area (Å²) in [5.74, 6) is -2.67. The molecule has 1 saturated heterocycles. The Morgan fingerprint density at radius 1 is 1.17 bits per heavy atom. The van der Waals surface area contributed by atoms with Gasteiger partial charge in [0.2, 0.25) is 11.8 Å². The fraction of sp³-hybridized carbons (Fsp3) is 0.633. The Morgan fingerprint density at radius 3 is 2.29 bits per heavy atom. The topological polar surface area (TPSA) is 129 Å². The minimum atomic E-state index is -1.49. The van der Waals surface area contributed by atoms with Gasteiger partial charge in [0.05, 0.1) is 44.1 Å². The summed E-state index contributed by atoms with van der Waals surface area (Å²) in [6, 6.07) is 0.669. The number of aliphatic hydroxyl groups is 2. The number of nitrogens with one attached hydrogen (secondary N) is 1. The monoisotopic (exact) mass is 597 g/mol. The van der Waals surface area contributed by atoms with Gasteiger partial charge in [0.25, 0.3) is 0 Å². The van der Waals surface area contributed by atoms with Gasteiger partial charge in [-0.05, 0) is 64.7 Å². The Kier molecular flexibility index (Phi) is 13.3. The van der Waals surface area contributed by atoms with Crippen LogP contribution >= 0.6 is 0 Å². The van der Waals surface area contributed by atoms with Crippen LogP contribution in [0.5, 0.6) is 0 Å². The molecule has 0 radical (unpaired) electrons. The van der Waals surface area contributed by atoms with E-state index in [4.69, 9.17) is 9.47 Å². The van der Waals surface area contributed by atoms with E-state index in [-0.39, 0.29) is 43.2 Å². The van der Waals surface area contributed by atoms with Crippen molar-refractivity contribution in [2.45, 2.75) is 90.7 Å². The molecule has 12 heteroatoms. The van der Waals surface area contributed by atoms with Crippen LogP contribution < -0.4 is 5.32 Å². The van der Waals surface area contributed by atoms with Gasteiger partial charge in [-0.2, -0.15) is 0 Å². The van der Waals surface area contributed by atoms with Crippen molar-refractivity contribution in [3.63, 3.8) is 0 Å². The number of benzene rings is 1. The van der Waals surface area contributed by atoms with Crippen molar-refractivity contribution >= 4 is 17.9 Å². The lowest BCUT2D eigenvalue weighted by atomic mass is 9.94. The van der Waals surface area contributed by atoms with Crippen LogP contribution in [0.3, 0.4) is 0 Å². The maximum Gasteiger partial charge on any atom is 0.410 e. The second-order valence-electron chi connectivity index (χ2n) is 11.5. The van der Waals surface area contributed by atoms with Crippen LogP contribution in [0.15, 0.2) is 29.8 Å². The lowest BCUT2D eigenvalue weighted by Gasteiger charge is -2.43. The van der Waals surface area contributed by atoms with E-state index >= 15 is 0 Å². The number of hydrogen-bond acceptors (Lipinski definition) is 7. The van der Waals surface area contributed by atoms with Gasteiger partial charge < -0.3 is 29.9 Å². The summed E-state index contributed by atoms with van der Waals surface area (Å²) in [5, 5.41) is 23.9. The highest BCUT2D eigenvalue weighted by atomic mass is 19.1. The van der Waals surface area contributed by atoms with Crippen LogP contribution in [0, 0.1) is 11.6 Å². The molecular weight excluding hydrogens is 552 g/mol. The molecule has 4 atom stereocenters. The minimum absolute atomic E-state index is 0.0732. The SMILES string of the molecule is CCCN(CCC)C(=O)/C=C(\C)C(=O)N[C@@H](Cc1cc(F)cc(F)c1)[C@H](O)C1COC(CO)CN1C(=O)OC(C)(C)C. The first-order valence-corrected chi connectivity index (χ1v) is 14.3. The second kappa shape index (κ2) is 15.9. The molecular formula is C30H45F2N3O7. The summed E-state index contributed by atoms with van der Waals surface area (Å²) in [7, 11) is 0. The summed E-state index contributed by atoms with van der Waals surface area (Å²) in [5.41, 5.74) is -0.631. The quantitative estimate of drug-likeness (QED) is 0.316. The molecule has 1 aliphatic heterocycles. The number of nitrogens with zero attached hydrogens (tertiary/aromatic N) is 2. The van der Waals surface area contributed by atoms with Crippen LogP contribution in [0.4, 0.5) is 13.6 Å². The molecule has 1 fully saturated rings. The molecule has 236 valence electrons. The first-order chi connectivity index (χ1) is 19.7. The zero-order valence-electron chi connectivity index (χ0n) is 25.4. The first-order valence-electron chi connectivity index (χ1n) is 14.3. The maximum absolute atomic E-state index is 14.0. The van der Waals surface area contributed by atoms with Gasteiger partial charge in [-0.15, -0.1) is 0 Å². The van der Waals surface area contributed by atoms with E-state index in [1.807, 2.05) is 13.8 Å². The summed E-state index contributed by atoms with van der Waals surface area (Å²) in [6.45, 7) is 10.8. The summed E-state index contributed by atoms with van der Waals surface area (Å²) in [4.78, 5) is 42.0. The van der Waals surface area contributed by atoms with Gasteiger partial charge in [0, 0.05) is 30.8 Å². The molecule has 0 saturated carbocycles. The molecule has 3 N–H and O–H groups in total. The fourth-order valence-electron chi connectivity index (χ4n) is 4.66. The lowest BCUT2D eigenvalue weighted by molar-refractivity contribution is -0.127. The minimum Gasteiger partial charge on any atom is -0.444 e. The highest BCUT2D eigenvalue weighted by Crippen LogP contribution is 2.23. The van der Waals surface area contributed by atoms with Crippen molar-refractivity contribution in [3.05, 3.63) is 47.0 Å². The van der Waals surface area contributed by atoms with Crippen molar-refractivity contribution in [2.24, 2.45) is 0 Å². The third-order valence-electron chi connectivity index (χ3n) is 6.63. The molecule has 42 heavy (non-hydrogen) atoms. The molecule has 1 aliphatic rings. The zero-order valence-corrected chi connectivity index (χ0v) is 25.4. The van der Waals surface area contributed by atoms with E-state index in [2.05, 4.69) is 5.32 Å². The molecule has 1 aromatic carbocycles. The number of halogens is 2. The van der Waals surface area contributed by atoms with Crippen LogP contribution in [0.2, 0.25) is 0 Å². The number of amides is 3. The van der Waals surface area contributed by atoms with Gasteiger partial charge in [-0.1, -0.05) is 13.8 Å². The summed E-state index contributed by atoms with van der Waals surface area (Å²) in [6.07, 6.45) is -0.471. The largest absolute Gasteiger partial charge is 0.444 e. The molecule has 1 aromatic rings. The molecule has 0 spiro atoms. The average molecular weight is 598 g/mol. The van der Waals surface area contributed by atoms with Crippen molar-refractivity contribution < 1.29 is 42.9 Å². The van der Waals surface area contributed by atoms with Crippen molar-refractivity contribution in [1.82, 2.24) is 15.1 Å². The van der Waals surface area contributed by atoms with E-state index in [1.54, 1.807) is 25.7 Å². The third kappa shape index (κ3) is 10.6. The Balaban J connectivity index is 2.40. The van der Waals surface area contributed by atoms with Gasteiger partial charge in [-0.3, -0.25) is 14.5 Å². The molecule has 0 aliphatic carbocycles. The van der Waals surface area contributed by atoms with E-state index in [0.29, 0.717) is 19.2 Å². The average Bonchev–Trinajstić information content (AvgIpc) is 2.90. The zero-order chi connectivity index (χ0) is 31.6. The number of carbonyl (C=O) groups excluding carboxylic acids is 3. The summed E-state index contributed by atoms with van der Waals surface area (Å²) >= 11 is 0. The number of ether oxygens (including phenoxy) is 2. The van der Waals surface area contributed by atoms with Gasteiger partial charge in [0.1, 0.15) is 17.2 Å². The van der Waals surface area contributed by atoms with Crippen LogP contribution in [0.25, 0.3) is 0 Å². The number of rotatable bonds is 12. The van der Waals surface area contributed by atoms with E-state index in [9.17, 15) is 33.4 Å². The highest BCUT2D eigenvalue weighted by Gasteiger charge is 2.41. The van der Waals surface area contributed by atoms with Gasteiger partial charge >= 0.3 is 6.09 Å². The molecule has 3 amide bonds. The standard InChI is InChI=1S/C30H45F2N3O7/c1-7-9-34(10-8-2)26(37)11-19(3)28(39)33-24(14-20-12-21(31)15-22(32)13-20)27(38)25-18-41-23(17-36)16-35(25)29(40)42-30(4,5)6/h11-13,15,23-25,27,36,38H,7-10,14,16-18H2,1-6H3,(H,33,39)/b19-11+/t23?,24-,25?,27-/m0/s1. The predicted octanol–water partition coefficient (Wildman–Crippen LogP) is 2.94. The number of aliphatic hydroxyl groups excluding tert-OH is 2. The Morgan fingerprint density at radius 2 is 1.76 bits per heavy atom. The summed E-state index contributed by atoms with van der Waals surface area (Å²) < 4.78 is 39.2. The van der Waals surface area contributed by atoms with Crippen molar-refractivity contribution in [2.75, 3.05) is 32.8 Å². The van der Waals surface area contributed by atoms with Crippen LogP contribution in [-0.4, -0.2) is 101 Å². The van der Waals surface area contributed by atoms with E-state index in [0.717, 1.165) is 25.0 Å². The molecule has 2 rings (SSSR count). The van der Waals surface area contributed by atoms with Crippen LogP contribution in [-0.2, 0) is 25.5 Å². The molecule has 0 bridgehead atoms. The van der Waals surface area contributed by atoms with Gasteiger partial charge in [-0.25, -0.2) is 13.6 Å². The molecule has 0 aromatic heterocycles. The second-order valence-corrected chi connectivity index (χ2v) is 11.5. The van der Waals surface area contributed by atoms with Crippen molar-refractivity contribution in [3.8, 4) is 0 Å². The Hall–Kier alpha value is -3.09. The Labute approximate surface area is 246 Å². The smallest absolute Gasteiger partial charge is 0.410 e. The highest BCUT2D eigenvalue weighted by molar-refractivity contribution is 6.00. The van der Waals surface area contributed by atoms with E-state index in [1.165, 1.54) is 17.9 Å². The molecule has 10 nitrogen and oxygen atoms in total. The Bertz CT molecular complexity index is 1080.